The number of anilines is 1. The van der Waals surface area contributed by atoms with E-state index >= 15 is 0 Å². The fourth-order valence-corrected chi connectivity index (χ4v) is 4.00. The Balaban J connectivity index is 1.56. The van der Waals surface area contributed by atoms with Gasteiger partial charge in [0.15, 0.2) is 0 Å². The number of benzene rings is 3. The molecule has 28 heavy (non-hydrogen) atoms. The Kier molecular flexibility index (Phi) is 4.05. The van der Waals surface area contributed by atoms with Gasteiger partial charge in [0.2, 0.25) is 6.23 Å². The van der Waals surface area contributed by atoms with Crippen molar-refractivity contribution < 1.29 is 4.74 Å². The molecule has 2 aliphatic heterocycles. The van der Waals surface area contributed by atoms with Gasteiger partial charge in [-0.15, -0.1) is 0 Å². The maximum absolute atomic E-state index is 6.42. The second kappa shape index (κ2) is 6.71. The minimum absolute atomic E-state index is 0.193. The number of rotatable bonds is 3. The first-order valence-corrected chi connectivity index (χ1v) is 9.65. The van der Waals surface area contributed by atoms with Crippen LogP contribution in [0.2, 0.25) is 0 Å². The zero-order chi connectivity index (χ0) is 19.1. The van der Waals surface area contributed by atoms with Gasteiger partial charge in [-0.1, -0.05) is 60.7 Å². The molecule has 0 bridgehead atoms. The number of nitrogens with zero attached hydrogens (tertiary/aromatic N) is 3. The average molecular weight is 369 g/mol. The molecule has 0 N–H and O–H groups in total. The Morgan fingerprint density at radius 2 is 1.61 bits per heavy atom. The van der Waals surface area contributed by atoms with Gasteiger partial charge in [0.05, 0.1) is 11.8 Å². The van der Waals surface area contributed by atoms with E-state index in [1.807, 2.05) is 12.1 Å². The van der Waals surface area contributed by atoms with E-state index in [4.69, 9.17) is 9.84 Å². The summed E-state index contributed by atoms with van der Waals surface area (Å²) in [5, 5.41) is 7.14. The quantitative estimate of drug-likeness (QED) is 0.651. The lowest BCUT2D eigenvalue weighted by Gasteiger charge is -2.38. The van der Waals surface area contributed by atoms with E-state index in [2.05, 4.69) is 90.7 Å². The minimum Gasteiger partial charge on any atom is -0.464 e. The number of hydrogen-bond acceptors (Lipinski definition) is 4. The SMILES string of the molecule is CN(C)c1ccc([C@H]2Oc3ccccc3[C@@H]3CC(c4ccccc4)=NN23)cc1. The lowest BCUT2D eigenvalue weighted by atomic mass is 9.96. The molecule has 2 heterocycles. The molecule has 2 atom stereocenters. The van der Waals surface area contributed by atoms with Gasteiger partial charge in [-0.3, -0.25) is 0 Å². The molecule has 0 spiro atoms. The van der Waals surface area contributed by atoms with Crippen LogP contribution in [0.3, 0.4) is 0 Å². The van der Waals surface area contributed by atoms with Crippen molar-refractivity contribution in [3.8, 4) is 5.75 Å². The van der Waals surface area contributed by atoms with E-state index in [1.54, 1.807) is 0 Å². The van der Waals surface area contributed by atoms with Crippen LogP contribution >= 0.6 is 0 Å². The van der Waals surface area contributed by atoms with E-state index in [-0.39, 0.29) is 12.3 Å². The molecular formula is C24H23N3O. The highest BCUT2D eigenvalue weighted by Crippen LogP contribution is 2.47. The van der Waals surface area contributed by atoms with Gasteiger partial charge in [0, 0.05) is 37.3 Å². The van der Waals surface area contributed by atoms with Crippen molar-refractivity contribution in [3.05, 3.63) is 95.6 Å². The summed E-state index contributed by atoms with van der Waals surface area (Å²) in [5.41, 5.74) is 5.78. The predicted octanol–water partition coefficient (Wildman–Crippen LogP) is 4.99. The third-order valence-electron chi connectivity index (χ3n) is 5.50. The molecule has 5 rings (SSSR count). The monoisotopic (exact) mass is 369 g/mol. The summed E-state index contributed by atoms with van der Waals surface area (Å²) in [7, 11) is 4.10. The summed E-state index contributed by atoms with van der Waals surface area (Å²) in [5.74, 6) is 0.954. The Morgan fingerprint density at radius 3 is 2.36 bits per heavy atom. The average Bonchev–Trinajstić information content (AvgIpc) is 3.20. The smallest absolute Gasteiger partial charge is 0.213 e. The highest BCUT2D eigenvalue weighted by Gasteiger charge is 2.40. The first kappa shape index (κ1) is 16.9. The molecular weight excluding hydrogens is 346 g/mol. The summed E-state index contributed by atoms with van der Waals surface area (Å²) in [4.78, 5) is 2.10. The van der Waals surface area contributed by atoms with Gasteiger partial charge in [-0.05, 0) is 23.8 Å². The molecule has 0 aliphatic carbocycles. The van der Waals surface area contributed by atoms with Crippen LogP contribution in [0.15, 0.2) is 84.0 Å². The van der Waals surface area contributed by atoms with Crippen LogP contribution < -0.4 is 9.64 Å². The zero-order valence-electron chi connectivity index (χ0n) is 16.1. The highest BCUT2D eigenvalue weighted by atomic mass is 16.5. The second-order valence-corrected chi connectivity index (χ2v) is 7.51. The minimum atomic E-state index is -0.225. The fraction of sp³-hybridized carbons (Fsp3) is 0.208. The summed E-state index contributed by atoms with van der Waals surface area (Å²) in [6, 6.07) is 27.5. The van der Waals surface area contributed by atoms with Gasteiger partial charge >= 0.3 is 0 Å². The van der Waals surface area contributed by atoms with Crippen molar-refractivity contribution >= 4 is 11.4 Å². The standard InChI is InChI=1S/C24H23N3O/c1-26(2)19-14-12-18(13-15-19)24-27-22(20-10-6-7-11-23(20)28-24)16-21(25-27)17-8-4-3-5-9-17/h3-15,22,24H,16H2,1-2H3/t22-,24+/m0/s1. The van der Waals surface area contributed by atoms with Crippen molar-refractivity contribution in [1.82, 2.24) is 5.01 Å². The van der Waals surface area contributed by atoms with Crippen LogP contribution in [-0.2, 0) is 0 Å². The molecule has 0 unspecified atom stereocenters. The third-order valence-corrected chi connectivity index (χ3v) is 5.50. The lowest BCUT2D eigenvalue weighted by molar-refractivity contribution is -0.0190. The van der Waals surface area contributed by atoms with Gasteiger partial charge < -0.3 is 9.64 Å². The van der Waals surface area contributed by atoms with Crippen molar-refractivity contribution in [3.63, 3.8) is 0 Å². The largest absolute Gasteiger partial charge is 0.464 e. The molecule has 4 nitrogen and oxygen atoms in total. The molecule has 0 aromatic heterocycles. The van der Waals surface area contributed by atoms with E-state index in [1.165, 1.54) is 16.8 Å². The molecule has 3 aromatic carbocycles. The van der Waals surface area contributed by atoms with E-state index in [0.29, 0.717) is 0 Å². The molecule has 3 aromatic rings. The van der Waals surface area contributed by atoms with Gasteiger partial charge in [0.1, 0.15) is 5.75 Å². The lowest BCUT2D eigenvalue weighted by Crippen LogP contribution is -2.33. The fourth-order valence-electron chi connectivity index (χ4n) is 4.00. The van der Waals surface area contributed by atoms with Gasteiger partial charge in [-0.25, -0.2) is 5.01 Å². The summed E-state index contributed by atoms with van der Waals surface area (Å²) >= 11 is 0. The van der Waals surface area contributed by atoms with Gasteiger partial charge in [-0.2, -0.15) is 5.10 Å². The normalized spacial score (nSPS) is 20.1. The predicted molar refractivity (Wildman–Crippen MR) is 113 cm³/mol. The number of fused-ring (bicyclic) bond motifs is 3. The number of hydrazone groups is 1. The number of hydrogen-bond donors (Lipinski definition) is 0. The summed E-state index contributed by atoms with van der Waals surface area (Å²) in [6.07, 6.45) is 0.661. The zero-order valence-corrected chi connectivity index (χ0v) is 16.1. The van der Waals surface area contributed by atoms with Crippen LogP contribution in [0.5, 0.6) is 5.75 Å². The molecule has 0 fully saturated rings. The number of ether oxygens (including phenoxy) is 1. The summed E-state index contributed by atoms with van der Waals surface area (Å²) in [6.45, 7) is 0. The van der Waals surface area contributed by atoms with Crippen LogP contribution in [0.1, 0.15) is 35.4 Å². The third kappa shape index (κ3) is 2.82. The Hall–Kier alpha value is -3.27. The van der Waals surface area contributed by atoms with Gasteiger partial charge in [0.25, 0.3) is 0 Å². The van der Waals surface area contributed by atoms with Crippen LogP contribution in [-0.4, -0.2) is 24.8 Å². The van der Waals surface area contributed by atoms with E-state index < -0.39 is 0 Å². The first-order valence-electron chi connectivity index (χ1n) is 9.65. The maximum Gasteiger partial charge on any atom is 0.213 e. The second-order valence-electron chi connectivity index (χ2n) is 7.51. The summed E-state index contributed by atoms with van der Waals surface area (Å²) < 4.78 is 6.42. The molecule has 140 valence electrons. The maximum atomic E-state index is 6.42. The molecule has 0 amide bonds. The number of para-hydroxylation sites is 1. The van der Waals surface area contributed by atoms with E-state index in [9.17, 15) is 0 Å². The van der Waals surface area contributed by atoms with Crippen molar-refractivity contribution in [1.29, 1.82) is 0 Å². The molecule has 0 saturated carbocycles. The Labute approximate surface area is 165 Å². The van der Waals surface area contributed by atoms with Crippen LogP contribution in [0.25, 0.3) is 0 Å². The first-order chi connectivity index (χ1) is 13.7. The molecule has 0 saturated heterocycles. The highest BCUT2D eigenvalue weighted by molar-refractivity contribution is 6.01. The van der Waals surface area contributed by atoms with Crippen molar-refractivity contribution in [2.75, 3.05) is 19.0 Å². The van der Waals surface area contributed by atoms with Crippen LogP contribution in [0.4, 0.5) is 5.69 Å². The Morgan fingerprint density at radius 1 is 0.893 bits per heavy atom. The molecule has 4 heteroatoms. The molecule has 2 aliphatic rings. The Bertz CT molecular complexity index is 1010. The van der Waals surface area contributed by atoms with E-state index in [0.717, 1.165) is 23.4 Å². The van der Waals surface area contributed by atoms with Crippen molar-refractivity contribution in [2.24, 2.45) is 5.10 Å². The topological polar surface area (TPSA) is 28.1 Å². The van der Waals surface area contributed by atoms with Crippen LogP contribution in [0, 0.1) is 0 Å². The van der Waals surface area contributed by atoms with Crippen molar-refractivity contribution in [2.45, 2.75) is 18.7 Å². The molecule has 0 radical (unpaired) electrons.